The minimum atomic E-state index is -2.36. The Balaban J connectivity index is 2.42. The van der Waals surface area contributed by atoms with Crippen LogP contribution in [0, 0.1) is 0 Å². The Labute approximate surface area is 106 Å². The van der Waals surface area contributed by atoms with Gasteiger partial charge >= 0.3 is 0 Å². The average Bonchev–Trinajstić information content (AvgIpc) is 2.19. The molecule has 1 aromatic carbocycles. The third-order valence-corrected chi connectivity index (χ3v) is 2.80. The summed E-state index contributed by atoms with van der Waals surface area (Å²) in [6.07, 6.45) is 0. The van der Waals surface area contributed by atoms with E-state index in [-0.39, 0.29) is 0 Å². The molecule has 0 spiro atoms. The fourth-order valence-electron chi connectivity index (χ4n) is 1.13. The van der Waals surface area contributed by atoms with Crippen molar-refractivity contribution in [2.45, 2.75) is 17.2 Å². The highest BCUT2D eigenvalue weighted by Gasteiger charge is 2.04. The maximum atomic E-state index is 12.0. The van der Waals surface area contributed by atoms with Gasteiger partial charge in [-0.15, -0.1) is 0 Å². The molecule has 88 valence electrons. The van der Waals surface area contributed by atoms with Gasteiger partial charge < -0.3 is 5.32 Å². The van der Waals surface area contributed by atoms with Crippen molar-refractivity contribution in [3.8, 4) is 0 Å². The molecule has 16 heavy (non-hydrogen) atoms. The summed E-state index contributed by atoms with van der Waals surface area (Å²) in [5.74, 6) is -2.36. The molecule has 0 atom stereocenters. The predicted molar refractivity (Wildman–Crippen MR) is 68.1 cm³/mol. The number of nitrogens with one attached hydrogen (secondary N) is 1. The normalized spacial score (nSPS) is 10.8. The standard InChI is InChI=1S/C11H12BrF2NS/c1-8(12)6-15-7-9-2-4-10(5-3-9)16-11(13)14/h2-5,11,15H,1,6-7H2. The topological polar surface area (TPSA) is 12.0 Å². The number of benzene rings is 1. The molecule has 1 N–H and O–H groups in total. The third kappa shape index (κ3) is 5.63. The highest BCUT2D eigenvalue weighted by atomic mass is 79.9. The summed E-state index contributed by atoms with van der Waals surface area (Å²) in [4.78, 5) is 0.587. The lowest BCUT2D eigenvalue weighted by molar-refractivity contribution is 0.252. The Kier molecular flexibility index (Phi) is 6.01. The quantitative estimate of drug-likeness (QED) is 0.797. The SMILES string of the molecule is C=C(Br)CNCc1ccc(SC(F)F)cc1. The Morgan fingerprint density at radius 1 is 1.38 bits per heavy atom. The van der Waals surface area contributed by atoms with Crippen molar-refractivity contribution in [1.82, 2.24) is 5.32 Å². The van der Waals surface area contributed by atoms with Crippen molar-refractivity contribution in [3.05, 3.63) is 40.9 Å². The summed E-state index contributed by atoms with van der Waals surface area (Å²) < 4.78 is 25.0. The molecule has 0 aromatic heterocycles. The molecule has 1 nitrogen and oxygen atoms in total. The Morgan fingerprint density at radius 2 is 2.00 bits per heavy atom. The lowest BCUT2D eigenvalue weighted by Crippen LogP contribution is -2.14. The maximum Gasteiger partial charge on any atom is 0.288 e. The number of hydrogen-bond donors (Lipinski definition) is 1. The second-order valence-electron chi connectivity index (χ2n) is 3.14. The van der Waals surface area contributed by atoms with Crippen molar-refractivity contribution >= 4 is 27.7 Å². The minimum Gasteiger partial charge on any atom is -0.308 e. The van der Waals surface area contributed by atoms with Crippen LogP contribution in [0.25, 0.3) is 0 Å². The van der Waals surface area contributed by atoms with Crippen molar-refractivity contribution in [3.63, 3.8) is 0 Å². The summed E-state index contributed by atoms with van der Waals surface area (Å²) in [5.41, 5.74) is 1.06. The van der Waals surface area contributed by atoms with Gasteiger partial charge in [-0.3, -0.25) is 0 Å². The van der Waals surface area contributed by atoms with E-state index in [0.29, 0.717) is 29.7 Å². The maximum absolute atomic E-state index is 12.0. The summed E-state index contributed by atoms with van der Waals surface area (Å²) in [5, 5.41) is 3.16. The fourth-order valence-corrected chi connectivity index (χ4v) is 1.83. The molecule has 0 radical (unpaired) electrons. The highest BCUT2D eigenvalue weighted by Crippen LogP contribution is 2.24. The molecule has 0 amide bonds. The highest BCUT2D eigenvalue weighted by molar-refractivity contribution is 9.11. The van der Waals surface area contributed by atoms with Crippen molar-refractivity contribution < 1.29 is 8.78 Å². The Morgan fingerprint density at radius 3 is 2.50 bits per heavy atom. The van der Waals surface area contributed by atoms with Crippen LogP contribution in [0.5, 0.6) is 0 Å². The van der Waals surface area contributed by atoms with E-state index in [1.54, 1.807) is 12.1 Å². The molecular weight excluding hydrogens is 296 g/mol. The van der Waals surface area contributed by atoms with Crippen LogP contribution in [0.3, 0.4) is 0 Å². The zero-order valence-electron chi connectivity index (χ0n) is 8.55. The number of halogens is 3. The Hall–Kier alpha value is -0.390. The summed E-state index contributed by atoms with van der Waals surface area (Å²) in [6, 6.07) is 7.09. The van der Waals surface area contributed by atoms with Crippen molar-refractivity contribution in [2.75, 3.05) is 6.54 Å². The minimum absolute atomic E-state index is 0.561. The second kappa shape index (κ2) is 7.04. The van der Waals surface area contributed by atoms with Gasteiger partial charge in [-0.2, -0.15) is 8.78 Å². The molecular formula is C11H12BrF2NS. The smallest absolute Gasteiger partial charge is 0.288 e. The summed E-state index contributed by atoms with van der Waals surface area (Å²) in [7, 11) is 0. The molecule has 0 saturated carbocycles. The number of alkyl halides is 2. The molecule has 1 rings (SSSR count). The van der Waals surface area contributed by atoms with Gasteiger partial charge in [0.25, 0.3) is 5.76 Å². The second-order valence-corrected chi connectivity index (χ2v) is 5.33. The van der Waals surface area contributed by atoms with Crippen LogP contribution >= 0.6 is 27.7 Å². The van der Waals surface area contributed by atoms with E-state index < -0.39 is 5.76 Å². The van der Waals surface area contributed by atoms with Crippen LogP contribution in [0.4, 0.5) is 8.78 Å². The molecule has 0 saturated heterocycles. The van der Waals surface area contributed by atoms with E-state index in [1.807, 2.05) is 12.1 Å². The van der Waals surface area contributed by atoms with Gasteiger partial charge in [0, 0.05) is 22.5 Å². The van der Waals surface area contributed by atoms with E-state index >= 15 is 0 Å². The first-order valence-electron chi connectivity index (χ1n) is 4.65. The lowest BCUT2D eigenvalue weighted by atomic mass is 10.2. The zero-order chi connectivity index (χ0) is 12.0. The van der Waals surface area contributed by atoms with Crippen molar-refractivity contribution in [2.24, 2.45) is 0 Å². The lowest BCUT2D eigenvalue weighted by Gasteiger charge is -2.05. The monoisotopic (exact) mass is 307 g/mol. The fraction of sp³-hybridized carbons (Fsp3) is 0.273. The average molecular weight is 308 g/mol. The van der Waals surface area contributed by atoms with Gasteiger partial charge in [-0.05, 0) is 17.7 Å². The van der Waals surface area contributed by atoms with Crippen LogP contribution in [0.15, 0.2) is 40.2 Å². The summed E-state index contributed by atoms with van der Waals surface area (Å²) >= 11 is 3.80. The van der Waals surface area contributed by atoms with E-state index in [1.165, 1.54) is 0 Å². The summed E-state index contributed by atoms with van der Waals surface area (Å²) in [6.45, 7) is 5.09. The number of thioether (sulfide) groups is 1. The van der Waals surface area contributed by atoms with E-state index in [2.05, 4.69) is 27.8 Å². The molecule has 0 aliphatic heterocycles. The van der Waals surface area contributed by atoms with Crippen LogP contribution < -0.4 is 5.32 Å². The van der Waals surface area contributed by atoms with Crippen molar-refractivity contribution in [1.29, 1.82) is 0 Å². The molecule has 0 aliphatic carbocycles. The number of hydrogen-bond acceptors (Lipinski definition) is 2. The van der Waals surface area contributed by atoms with Gasteiger partial charge in [-0.25, -0.2) is 0 Å². The van der Waals surface area contributed by atoms with E-state index in [0.717, 1.165) is 10.0 Å². The van der Waals surface area contributed by atoms with Gasteiger partial charge in [0.15, 0.2) is 0 Å². The molecule has 0 fully saturated rings. The molecule has 5 heteroatoms. The molecule has 0 bridgehead atoms. The van der Waals surface area contributed by atoms with E-state index in [9.17, 15) is 8.78 Å². The van der Waals surface area contributed by atoms with E-state index in [4.69, 9.17) is 0 Å². The Bertz CT molecular complexity index is 340. The molecule has 0 unspecified atom stereocenters. The van der Waals surface area contributed by atoms with Gasteiger partial charge in [0.05, 0.1) is 0 Å². The van der Waals surface area contributed by atoms with Gasteiger partial charge in [0.2, 0.25) is 0 Å². The largest absolute Gasteiger partial charge is 0.308 e. The predicted octanol–water partition coefficient (Wildman–Crippen LogP) is 4.00. The van der Waals surface area contributed by atoms with Gasteiger partial charge in [0.1, 0.15) is 0 Å². The van der Waals surface area contributed by atoms with Crippen LogP contribution in [-0.2, 0) is 6.54 Å². The van der Waals surface area contributed by atoms with Crippen LogP contribution in [0.1, 0.15) is 5.56 Å². The number of rotatable bonds is 6. The van der Waals surface area contributed by atoms with Gasteiger partial charge in [-0.1, -0.05) is 46.4 Å². The first-order chi connectivity index (χ1) is 7.58. The first-order valence-corrected chi connectivity index (χ1v) is 6.33. The third-order valence-electron chi connectivity index (χ3n) is 1.79. The molecule has 1 aromatic rings. The molecule has 0 heterocycles. The van der Waals surface area contributed by atoms with Crippen LogP contribution in [0.2, 0.25) is 0 Å². The first kappa shape index (κ1) is 13.7. The van der Waals surface area contributed by atoms with Crippen LogP contribution in [-0.4, -0.2) is 12.3 Å². The molecule has 0 aliphatic rings. The zero-order valence-corrected chi connectivity index (χ0v) is 11.0.